The molecule has 126 valence electrons. The lowest BCUT2D eigenvalue weighted by atomic mass is 10.1. The topological polar surface area (TPSA) is 71.7 Å². The number of nitrogens with two attached hydrogens (primary N) is 1. The Morgan fingerprint density at radius 1 is 1.26 bits per heavy atom. The van der Waals surface area contributed by atoms with Gasteiger partial charge in [-0.3, -0.25) is 0 Å². The highest BCUT2D eigenvalue weighted by atomic mass is 16.6. The van der Waals surface area contributed by atoms with Gasteiger partial charge in [0, 0.05) is 32.4 Å². The van der Waals surface area contributed by atoms with Crippen LogP contribution in [0, 0.1) is 0 Å². The summed E-state index contributed by atoms with van der Waals surface area (Å²) in [5.74, 6) is 1.23. The van der Waals surface area contributed by atoms with Crippen LogP contribution in [0.3, 0.4) is 0 Å². The van der Waals surface area contributed by atoms with Crippen molar-refractivity contribution in [2.24, 2.45) is 0 Å². The Bertz CT molecular complexity index is 585. The molecule has 1 aromatic heterocycles. The number of amides is 1. The Balaban J connectivity index is 1.63. The number of hydrogen-bond donors (Lipinski definition) is 1. The van der Waals surface area contributed by atoms with Crippen molar-refractivity contribution in [2.75, 3.05) is 36.8 Å². The van der Waals surface area contributed by atoms with Gasteiger partial charge in [0.2, 0.25) is 0 Å². The fourth-order valence-corrected chi connectivity index (χ4v) is 2.83. The molecular weight excluding hydrogens is 292 g/mol. The molecule has 6 heteroatoms. The molecule has 0 spiro atoms. The molecule has 2 N–H and O–H groups in total. The first-order chi connectivity index (χ1) is 10.8. The molecule has 2 aliphatic rings. The first-order valence-corrected chi connectivity index (χ1v) is 8.32. The van der Waals surface area contributed by atoms with Gasteiger partial charge >= 0.3 is 6.09 Å². The van der Waals surface area contributed by atoms with Gasteiger partial charge in [-0.1, -0.05) is 0 Å². The van der Waals surface area contributed by atoms with E-state index in [9.17, 15) is 4.79 Å². The van der Waals surface area contributed by atoms with Crippen molar-refractivity contribution in [3.05, 3.63) is 17.8 Å². The highest BCUT2D eigenvalue weighted by molar-refractivity contribution is 5.69. The van der Waals surface area contributed by atoms with Gasteiger partial charge in [-0.2, -0.15) is 0 Å². The number of piperazine rings is 1. The highest BCUT2D eigenvalue weighted by Crippen LogP contribution is 2.41. The van der Waals surface area contributed by atoms with Crippen LogP contribution < -0.4 is 10.6 Å². The fourth-order valence-electron chi connectivity index (χ4n) is 2.83. The number of nitrogen functional groups attached to an aromatic ring is 1. The lowest BCUT2D eigenvalue weighted by molar-refractivity contribution is 0.0240. The summed E-state index contributed by atoms with van der Waals surface area (Å²) in [6.07, 6.45) is 4.15. The molecule has 0 aromatic carbocycles. The highest BCUT2D eigenvalue weighted by Gasteiger charge is 2.28. The van der Waals surface area contributed by atoms with Crippen LogP contribution in [0.2, 0.25) is 0 Å². The van der Waals surface area contributed by atoms with Crippen LogP contribution in [0.25, 0.3) is 0 Å². The number of hydrogen-bond acceptors (Lipinski definition) is 5. The molecule has 1 aromatic rings. The predicted molar refractivity (Wildman–Crippen MR) is 90.6 cm³/mol. The van der Waals surface area contributed by atoms with Gasteiger partial charge in [-0.15, -0.1) is 0 Å². The van der Waals surface area contributed by atoms with Gasteiger partial charge in [0.1, 0.15) is 11.4 Å². The summed E-state index contributed by atoms with van der Waals surface area (Å²) < 4.78 is 5.43. The van der Waals surface area contributed by atoms with Crippen LogP contribution in [0.5, 0.6) is 0 Å². The van der Waals surface area contributed by atoms with Crippen molar-refractivity contribution in [2.45, 2.75) is 45.1 Å². The number of pyridine rings is 1. The van der Waals surface area contributed by atoms with E-state index < -0.39 is 5.60 Å². The van der Waals surface area contributed by atoms with E-state index in [0.29, 0.717) is 24.8 Å². The van der Waals surface area contributed by atoms with E-state index in [1.807, 2.05) is 27.0 Å². The minimum atomic E-state index is -0.457. The Morgan fingerprint density at radius 2 is 1.91 bits per heavy atom. The molecule has 2 fully saturated rings. The molecule has 3 rings (SSSR count). The maximum Gasteiger partial charge on any atom is 0.410 e. The largest absolute Gasteiger partial charge is 0.444 e. The van der Waals surface area contributed by atoms with E-state index in [4.69, 9.17) is 10.5 Å². The van der Waals surface area contributed by atoms with Crippen LogP contribution in [0.4, 0.5) is 16.3 Å². The number of anilines is 2. The molecule has 0 bridgehead atoms. The monoisotopic (exact) mass is 318 g/mol. The third-order valence-electron chi connectivity index (χ3n) is 4.24. The Hall–Kier alpha value is -1.98. The molecule has 1 amide bonds. The SMILES string of the molecule is CC(C)(C)OC(=O)N1CCN(c2cc(C3CC3)cnc2N)CC1. The molecule has 0 radical (unpaired) electrons. The van der Waals surface area contributed by atoms with Gasteiger partial charge in [-0.25, -0.2) is 9.78 Å². The molecule has 6 nitrogen and oxygen atoms in total. The standard InChI is InChI=1S/C17H26N4O2/c1-17(2,3)23-16(22)21-8-6-20(7-9-21)14-10-13(12-4-5-12)11-19-15(14)18/h10-12H,4-9H2,1-3H3,(H2,18,19). The van der Waals surface area contributed by atoms with E-state index in [-0.39, 0.29) is 6.09 Å². The Labute approximate surface area is 137 Å². The predicted octanol–water partition coefficient (Wildman–Crippen LogP) is 2.60. The third kappa shape index (κ3) is 3.86. The van der Waals surface area contributed by atoms with E-state index in [1.165, 1.54) is 18.4 Å². The maximum atomic E-state index is 12.1. The molecule has 23 heavy (non-hydrogen) atoms. The fraction of sp³-hybridized carbons (Fsp3) is 0.647. The molecule has 1 aliphatic heterocycles. The summed E-state index contributed by atoms with van der Waals surface area (Å²) in [5, 5.41) is 0. The second-order valence-corrected chi connectivity index (χ2v) is 7.40. The second-order valence-electron chi connectivity index (χ2n) is 7.40. The average Bonchev–Trinajstić information content (AvgIpc) is 3.31. The molecule has 1 aliphatic carbocycles. The first-order valence-electron chi connectivity index (χ1n) is 8.32. The van der Waals surface area contributed by atoms with Crippen LogP contribution in [-0.2, 0) is 4.74 Å². The van der Waals surface area contributed by atoms with Gasteiger partial charge in [0.15, 0.2) is 0 Å². The number of nitrogens with zero attached hydrogens (tertiary/aromatic N) is 3. The minimum absolute atomic E-state index is 0.241. The summed E-state index contributed by atoms with van der Waals surface area (Å²) in [5.41, 5.74) is 7.88. The van der Waals surface area contributed by atoms with Crippen LogP contribution in [0.15, 0.2) is 12.3 Å². The van der Waals surface area contributed by atoms with E-state index in [0.717, 1.165) is 18.8 Å². The van der Waals surface area contributed by atoms with Crippen LogP contribution >= 0.6 is 0 Å². The number of aromatic nitrogens is 1. The zero-order valence-electron chi connectivity index (χ0n) is 14.2. The van der Waals surface area contributed by atoms with Crippen molar-refractivity contribution in [3.63, 3.8) is 0 Å². The Kier molecular flexibility index (Phi) is 4.08. The molecule has 1 saturated heterocycles. The summed E-state index contributed by atoms with van der Waals surface area (Å²) in [4.78, 5) is 20.5. The molecule has 0 unspecified atom stereocenters. The summed E-state index contributed by atoms with van der Waals surface area (Å²) >= 11 is 0. The quantitative estimate of drug-likeness (QED) is 0.907. The van der Waals surface area contributed by atoms with Crippen molar-refractivity contribution in [1.29, 1.82) is 0 Å². The molecule has 2 heterocycles. The molecular formula is C17H26N4O2. The number of carbonyl (C=O) groups is 1. The average molecular weight is 318 g/mol. The van der Waals surface area contributed by atoms with Crippen molar-refractivity contribution in [3.8, 4) is 0 Å². The van der Waals surface area contributed by atoms with Crippen molar-refractivity contribution >= 4 is 17.6 Å². The summed E-state index contributed by atoms with van der Waals surface area (Å²) in [7, 11) is 0. The van der Waals surface area contributed by atoms with Crippen molar-refractivity contribution < 1.29 is 9.53 Å². The van der Waals surface area contributed by atoms with E-state index >= 15 is 0 Å². The van der Waals surface area contributed by atoms with Gasteiger partial charge in [-0.05, 0) is 51.2 Å². The smallest absolute Gasteiger partial charge is 0.410 e. The Morgan fingerprint density at radius 3 is 2.48 bits per heavy atom. The minimum Gasteiger partial charge on any atom is -0.444 e. The zero-order chi connectivity index (χ0) is 16.6. The molecule has 0 atom stereocenters. The van der Waals surface area contributed by atoms with E-state index in [2.05, 4.69) is 16.0 Å². The number of ether oxygens (including phenoxy) is 1. The van der Waals surface area contributed by atoms with Gasteiger partial charge in [0.25, 0.3) is 0 Å². The van der Waals surface area contributed by atoms with E-state index in [1.54, 1.807) is 4.90 Å². The third-order valence-corrected chi connectivity index (χ3v) is 4.24. The lowest BCUT2D eigenvalue weighted by Crippen LogP contribution is -2.50. The number of rotatable bonds is 2. The molecule has 1 saturated carbocycles. The second kappa shape index (κ2) is 5.91. The van der Waals surface area contributed by atoms with Crippen LogP contribution in [-0.4, -0.2) is 47.8 Å². The summed E-state index contributed by atoms with van der Waals surface area (Å²) in [6.45, 7) is 8.44. The maximum absolute atomic E-state index is 12.1. The number of carbonyl (C=O) groups excluding carboxylic acids is 1. The lowest BCUT2D eigenvalue weighted by Gasteiger charge is -2.37. The zero-order valence-corrected chi connectivity index (χ0v) is 14.2. The first kappa shape index (κ1) is 15.9. The normalized spacial score (nSPS) is 18.9. The van der Waals surface area contributed by atoms with Gasteiger partial charge in [0.05, 0.1) is 5.69 Å². The van der Waals surface area contributed by atoms with Crippen molar-refractivity contribution in [1.82, 2.24) is 9.88 Å². The van der Waals surface area contributed by atoms with Crippen LogP contribution in [0.1, 0.15) is 45.1 Å². The summed E-state index contributed by atoms with van der Waals surface area (Å²) in [6, 6.07) is 2.17. The van der Waals surface area contributed by atoms with Gasteiger partial charge < -0.3 is 20.3 Å².